The van der Waals surface area contributed by atoms with Gasteiger partial charge in [-0.15, -0.1) is 0 Å². The summed E-state index contributed by atoms with van der Waals surface area (Å²) in [6, 6.07) is 13.7. The van der Waals surface area contributed by atoms with Gasteiger partial charge >= 0.3 is 0 Å². The van der Waals surface area contributed by atoms with Gasteiger partial charge in [0, 0.05) is 16.3 Å². The van der Waals surface area contributed by atoms with Crippen LogP contribution in [0.3, 0.4) is 0 Å². The second-order valence-electron chi connectivity index (χ2n) is 6.89. The first-order valence-electron chi connectivity index (χ1n) is 9.28. The number of aromatic nitrogens is 1. The minimum Gasteiger partial charge on any atom is -0.493 e. The van der Waals surface area contributed by atoms with E-state index in [2.05, 4.69) is 0 Å². The zero-order valence-corrected chi connectivity index (χ0v) is 18.0. The maximum Gasteiger partial charge on any atom is 0.199 e. The van der Waals surface area contributed by atoms with Gasteiger partial charge < -0.3 is 14.0 Å². The summed E-state index contributed by atoms with van der Waals surface area (Å²) >= 11 is 6.24. The molecule has 0 spiro atoms. The molecule has 0 unspecified atom stereocenters. The molecule has 0 aliphatic rings. The number of ketones is 1. The number of aldehydes is 1. The Hall–Kier alpha value is -3.31. The van der Waals surface area contributed by atoms with E-state index >= 15 is 0 Å². The fraction of sp³-hybridized carbons (Fsp3) is 0.167. The number of allylic oxidation sites excluding steroid dienone is 1. The largest absolute Gasteiger partial charge is 0.493 e. The lowest BCUT2D eigenvalue weighted by Crippen LogP contribution is -2.12. The Kier molecular flexibility index (Phi) is 6.43. The average molecular weight is 424 g/mol. The van der Waals surface area contributed by atoms with Gasteiger partial charge in [0.25, 0.3) is 0 Å². The molecule has 0 atom stereocenters. The SMILES string of the molecule is COc1cccc(C(=O)c2cc(Cl)ccc2-n2c(C=O)ccc2C=C(C)C)c1OC. The summed E-state index contributed by atoms with van der Waals surface area (Å²) in [4.78, 5) is 25.3. The summed E-state index contributed by atoms with van der Waals surface area (Å²) in [5.74, 6) is 0.493. The first-order valence-corrected chi connectivity index (χ1v) is 9.66. The predicted molar refractivity (Wildman–Crippen MR) is 118 cm³/mol. The van der Waals surface area contributed by atoms with Gasteiger partial charge in [-0.1, -0.05) is 23.2 Å². The number of hydrogen-bond acceptors (Lipinski definition) is 4. The lowest BCUT2D eigenvalue weighted by molar-refractivity contribution is 0.103. The molecule has 0 aliphatic carbocycles. The third kappa shape index (κ3) is 4.02. The van der Waals surface area contributed by atoms with Crippen molar-refractivity contribution in [3.8, 4) is 17.2 Å². The quantitative estimate of drug-likeness (QED) is 0.366. The fourth-order valence-electron chi connectivity index (χ4n) is 3.34. The van der Waals surface area contributed by atoms with E-state index < -0.39 is 0 Å². The molecule has 3 rings (SSSR count). The minimum atomic E-state index is -0.294. The molecule has 6 heteroatoms. The van der Waals surface area contributed by atoms with E-state index in [1.807, 2.05) is 26.0 Å². The highest BCUT2D eigenvalue weighted by Crippen LogP contribution is 2.34. The highest BCUT2D eigenvalue weighted by Gasteiger charge is 2.23. The molecule has 0 saturated heterocycles. The summed E-state index contributed by atoms with van der Waals surface area (Å²) in [5, 5.41) is 0.410. The summed E-state index contributed by atoms with van der Waals surface area (Å²) in [6.07, 6.45) is 2.71. The van der Waals surface area contributed by atoms with Crippen LogP contribution in [-0.4, -0.2) is 30.9 Å². The monoisotopic (exact) mass is 423 g/mol. The molecule has 0 amide bonds. The molecule has 0 radical (unpaired) electrons. The van der Waals surface area contributed by atoms with Crippen molar-refractivity contribution < 1.29 is 19.1 Å². The second kappa shape index (κ2) is 9.01. The number of ether oxygens (including phenoxy) is 2. The maximum absolute atomic E-state index is 13.6. The third-order valence-corrected chi connectivity index (χ3v) is 4.83. The minimum absolute atomic E-state index is 0.294. The predicted octanol–water partition coefficient (Wildman–Crippen LogP) is 5.61. The van der Waals surface area contributed by atoms with Crippen molar-refractivity contribution in [2.24, 2.45) is 0 Å². The Morgan fingerprint density at radius 2 is 1.70 bits per heavy atom. The number of halogens is 1. The standard InChI is InChI=1S/C24H22ClNO4/c1-15(2)12-17-9-10-18(14-27)26(17)21-11-8-16(25)13-20(21)23(28)19-6-5-7-22(29-3)24(19)30-4/h5-14H,1-4H3. The van der Waals surface area contributed by atoms with Crippen LogP contribution in [0.15, 0.2) is 54.1 Å². The van der Waals surface area contributed by atoms with Crippen LogP contribution in [0.5, 0.6) is 11.5 Å². The fourth-order valence-corrected chi connectivity index (χ4v) is 3.52. The van der Waals surface area contributed by atoms with Gasteiger partial charge in [-0.3, -0.25) is 9.59 Å². The Morgan fingerprint density at radius 3 is 2.33 bits per heavy atom. The molecule has 2 aromatic carbocycles. The van der Waals surface area contributed by atoms with Crippen molar-refractivity contribution in [3.05, 3.63) is 81.6 Å². The molecule has 0 aliphatic heterocycles. The molecule has 0 saturated carbocycles. The van der Waals surface area contributed by atoms with Gasteiger partial charge in [0.2, 0.25) is 0 Å². The summed E-state index contributed by atoms with van der Waals surface area (Å²) < 4.78 is 12.5. The smallest absolute Gasteiger partial charge is 0.199 e. The highest BCUT2D eigenvalue weighted by molar-refractivity contribution is 6.31. The van der Waals surface area contributed by atoms with Crippen molar-refractivity contribution in [2.45, 2.75) is 13.8 Å². The molecule has 1 aromatic heterocycles. The number of benzene rings is 2. The van der Waals surface area contributed by atoms with Crippen LogP contribution in [0, 0.1) is 0 Å². The molecule has 154 valence electrons. The summed E-state index contributed by atoms with van der Waals surface area (Å²) in [7, 11) is 3.00. The van der Waals surface area contributed by atoms with Gasteiger partial charge in [-0.2, -0.15) is 0 Å². The number of carbonyl (C=O) groups excluding carboxylic acids is 2. The van der Waals surface area contributed by atoms with Gasteiger partial charge in [0.15, 0.2) is 23.6 Å². The van der Waals surface area contributed by atoms with E-state index in [9.17, 15) is 9.59 Å². The molecular weight excluding hydrogens is 402 g/mol. The Balaban J connectivity index is 2.28. The van der Waals surface area contributed by atoms with Crippen LogP contribution in [0.4, 0.5) is 0 Å². The Labute approximate surface area is 180 Å². The highest BCUT2D eigenvalue weighted by atomic mass is 35.5. The average Bonchev–Trinajstić information content (AvgIpc) is 3.14. The Morgan fingerprint density at radius 1 is 0.967 bits per heavy atom. The number of para-hydroxylation sites is 1. The topological polar surface area (TPSA) is 57.5 Å². The van der Waals surface area contributed by atoms with Crippen LogP contribution in [0.2, 0.25) is 5.02 Å². The van der Waals surface area contributed by atoms with Crippen molar-refractivity contribution in [2.75, 3.05) is 14.2 Å². The van der Waals surface area contributed by atoms with Crippen LogP contribution in [0.25, 0.3) is 11.8 Å². The second-order valence-corrected chi connectivity index (χ2v) is 7.33. The molecule has 30 heavy (non-hydrogen) atoms. The van der Waals surface area contributed by atoms with Crippen molar-refractivity contribution in [1.82, 2.24) is 4.57 Å². The van der Waals surface area contributed by atoms with E-state index in [0.717, 1.165) is 17.6 Å². The van der Waals surface area contributed by atoms with E-state index in [0.29, 0.717) is 39.0 Å². The van der Waals surface area contributed by atoms with Gasteiger partial charge in [-0.05, 0) is 62.4 Å². The number of nitrogens with zero attached hydrogens (tertiary/aromatic N) is 1. The molecule has 3 aromatic rings. The van der Waals surface area contributed by atoms with Gasteiger partial charge in [0.1, 0.15) is 0 Å². The number of carbonyl (C=O) groups is 2. The molecule has 5 nitrogen and oxygen atoms in total. The zero-order chi connectivity index (χ0) is 21.8. The molecule has 0 fully saturated rings. The number of hydrogen-bond donors (Lipinski definition) is 0. The van der Waals surface area contributed by atoms with Crippen molar-refractivity contribution in [3.63, 3.8) is 0 Å². The van der Waals surface area contributed by atoms with Gasteiger partial charge in [0.05, 0.1) is 31.2 Å². The van der Waals surface area contributed by atoms with Crippen molar-refractivity contribution >= 4 is 29.7 Å². The lowest BCUT2D eigenvalue weighted by Gasteiger charge is -2.16. The normalized spacial score (nSPS) is 10.4. The molecule has 1 heterocycles. The Bertz CT molecular complexity index is 1140. The summed E-state index contributed by atoms with van der Waals surface area (Å²) in [5.41, 5.74) is 3.50. The molecule has 0 bridgehead atoms. The van der Waals surface area contributed by atoms with Crippen LogP contribution in [0.1, 0.15) is 46.0 Å². The first kappa shape index (κ1) is 21.4. The molecular formula is C24H22ClNO4. The van der Waals surface area contributed by atoms with Crippen LogP contribution < -0.4 is 9.47 Å². The van der Waals surface area contributed by atoms with Crippen LogP contribution >= 0.6 is 11.6 Å². The van der Waals surface area contributed by atoms with Crippen LogP contribution in [-0.2, 0) is 0 Å². The third-order valence-electron chi connectivity index (χ3n) is 4.59. The number of rotatable bonds is 7. The molecule has 0 N–H and O–H groups in total. The van der Waals surface area contributed by atoms with E-state index in [-0.39, 0.29) is 5.78 Å². The van der Waals surface area contributed by atoms with E-state index in [4.69, 9.17) is 21.1 Å². The van der Waals surface area contributed by atoms with Gasteiger partial charge in [-0.25, -0.2) is 0 Å². The van der Waals surface area contributed by atoms with Crippen molar-refractivity contribution in [1.29, 1.82) is 0 Å². The van der Waals surface area contributed by atoms with E-state index in [1.54, 1.807) is 47.0 Å². The summed E-state index contributed by atoms with van der Waals surface area (Å²) in [6.45, 7) is 3.93. The number of methoxy groups -OCH3 is 2. The maximum atomic E-state index is 13.6. The van der Waals surface area contributed by atoms with E-state index in [1.165, 1.54) is 14.2 Å². The lowest BCUT2D eigenvalue weighted by atomic mass is 10.00. The first-order chi connectivity index (χ1) is 14.4. The zero-order valence-electron chi connectivity index (χ0n) is 17.2.